The highest BCUT2D eigenvalue weighted by Crippen LogP contribution is 2.19. The molecule has 5 nitrogen and oxygen atoms in total. The minimum atomic E-state index is 0.308. The molecule has 1 aromatic carbocycles. The monoisotopic (exact) mass is 372 g/mol. The van der Waals surface area contributed by atoms with E-state index in [0.29, 0.717) is 6.10 Å². The average Bonchev–Trinajstić information content (AvgIpc) is 2.70. The number of likely N-dealkylation sites (tertiary alicyclic amines) is 2. The van der Waals surface area contributed by atoms with Crippen molar-refractivity contribution < 1.29 is 4.74 Å². The van der Waals surface area contributed by atoms with Crippen molar-refractivity contribution in [3.05, 3.63) is 30.3 Å². The second-order valence-corrected chi connectivity index (χ2v) is 7.99. The van der Waals surface area contributed by atoms with Gasteiger partial charge >= 0.3 is 0 Å². The van der Waals surface area contributed by atoms with Crippen molar-refractivity contribution in [2.24, 2.45) is 10.9 Å². The maximum atomic E-state index is 6.10. The minimum Gasteiger partial charge on any atom is -0.490 e. The molecule has 0 spiro atoms. The number of aliphatic imine (C=N–C) groups is 1. The Hall–Kier alpha value is -1.75. The van der Waals surface area contributed by atoms with Crippen LogP contribution < -0.4 is 10.1 Å². The zero-order chi connectivity index (χ0) is 18.9. The first kappa shape index (κ1) is 20.0. The number of ether oxygens (including phenoxy) is 1. The molecular weight excluding hydrogens is 336 g/mol. The largest absolute Gasteiger partial charge is 0.490 e. The molecule has 5 heteroatoms. The van der Waals surface area contributed by atoms with E-state index in [9.17, 15) is 0 Å². The Morgan fingerprint density at radius 3 is 2.63 bits per heavy atom. The summed E-state index contributed by atoms with van der Waals surface area (Å²) in [4.78, 5) is 9.48. The number of nitrogens with zero attached hydrogens (tertiary/aromatic N) is 3. The summed E-state index contributed by atoms with van der Waals surface area (Å²) in [6.45, 7) is 9.11. The van der Waals surface area contributed by atoms with Crippen LogP contribution in [0, 0.1) is 5.92 Å². The fourth-order valence-electron chi connectivity index (χ4n) is 4.20. The Labute approximate surface area is 164 Å². The van der Waals surface area contributed by atoms with E-state index in [0.717, 1.165) is 50.1 Å². The SMILES string of the molecule is CN=C(NCCCN1CCCC(C)C1)N1CCC(Oc2ccccc2)CC1. The zero-order valence-electron chi connectivity index (χ0n) is 17.1. The van der Waals surface area contributed by atoms with Gasteiger partial charge in [0.05, 0.1) is 0 Å². The van der Waals surface area contributed by atoms with Gasteiger partial charge in [0.15, 0.2) is 5.96 Å². The number of guanidine groups is 1. The highest BCUT2D eigenvalue weighted by molar-refractivity contribution is 5.79. The van der Waals surface area contributed by atoms with Crippen LogP contribution in [-0.2, 0) is 0 Å². The molecule has 1 atom stereocenters. The van der Waals surface area contributed by atoms with Crippen molar-refractivity contribution >= 4 is 5.96 Å². The topological polar surface area (TPSA) is 40.1 Å². The summed E-state index contributed by atoms with van der Waals surface area (Å²) < 4.78 is 6.10. The molecule has 2 heterocycles. The number of nitrogens with one attached hydrogen (secondary N) is 1. The van der Waals surface area contributed by atoms with Gasteiger partial charge in [0.25, 0.3) is 0 Å². The molecule has 2 aliphatic rings. The van der Waals surface area contributed by atoms with E-state index < -0.39 is 0 Å². The average molecular weight is 373 g/mol. The van der Waals surface area contributed by atoms with E-state index in [1.165, 1.54) is 38.9 Å². The lowest BCUT2D eigenvalue weighted by Crippen LogP contribution is -2.48. The smallest absolute Gasteiger partial charge is 0.193 e. The summed E-state index contributed by atoms with van der Waals surface area (Å²) in [5.41, 5.74) is 0. The van der Waals surface area contributed by atoms with Crippen LogP contribution in [0.3, 0.4) is 0 Å². The van der Waals surface area contributed by atoms with Gasteiger partial charge in [0, 0.05) is 46.1 Å². The van der Waals surface area contributed by atoms with Gasteiger partial charge in [0.1, 0.15) is 11.9 Å². The Bertz CT molecular complexity index is 569. The summed E-state index contributed by atoms with van der Waals surface area (Å²) in [5, 5.41) is 3.56. The molecule has 1 N–H and O–H groups in total. The molecule has 3 rings (SSSR count). The number of benzene rings is 1. The summed E-state index contributed by atoms with van der Waals surface area (Å²) in [5.74, 6) is 2.88. The van der Waals surface area contributed by atoms with Crippen molar-refractivity contribution in [3.8, 4) is 5.75 Å². The molecule has 0 amide bonds. The van der Waals surface area contributed by atoms with E-state index in [-0.39, 0.29) is 0 Å². The normalized spacial score (nSPS) is 22.7. The molecule has 0 aliphatic carbocycles. The zero-order valence-corrected chi connectivity index (χ0v) is 17.1. The predicted molar refractivity (Wildman–Crippen MR) is 112 cm³/mol. The first-order chi connectivity index (χ1) is 13.2. The first-order valence-corrected chi connectivity index (χ1v) is 10.6. The molecule has 0 saturated carbocycles. The molecule has 1 aromatic rings. The van der Waals surface area contributed by atoms with Crippen LogP contribution >= 0.6 is 0 Å². The lowest BCUT2D eigenvalue weighted by atomic mass is 10.0. The van der Waals surface area contributed by atoms with E-state index in [1.807, 2.05) is 37.4 Å². The van der Waals surface area contributed by atoms with E-state index in [4.69, 9.17) is 4.74 Å². The van der Waals surface area contributed by atoms with Crippen LogP contribution in [-0.4, -0.2) is 68.2 Å². The number of rotatable bonds is 6. The van der Waals surface area contributed by atoms with Crippen molar-refractivity contribution in [1.82, 2.24) is 15.1 Å². The molecule has 2 saturated heterocycles. The number of hydrogen-bond acceptors (Lipinski definition) is 3. The molecule has 27 heavy (non-hydrogen) atoms. The van der Waals surface area contributed by atoms with Gasteiger partial charge in [-0.3, -0.25) is 4.99 Å². The van der Waals surface area contributed by atoms with Gasteiger partial charge in [-0.2, -0.15) is 0 Å². The predicted octanol–water partition coefficient (Wildman–Crippen LogP) is 3.23. The molecule has 1 unspecified atom stereocenters. The van der Waals surface area contributed by atoms with Gasteiger partial charge in [-0.1, -0.05) is 25.1 Å². The number of piperidine rings is 2. The quantitative estimate of drug-likeness (QED) is 0.473. The van der Waals surface area contributed by atoms with Gasteiger partial charge in [-0.25, -0.2) is 0 Å². The number of para-hydroxylation sites is 1. The second-order valence-electron chi connectivity index (χ2n) is 7.99. The van der Waals surface area contributed by atoms with Crippen molar-refractivity contribution in [3.63, 3.8) is 0 Å². The molecule has 2 fully saturated rings. The summed E-state index contributed by atoms with van der Waals surface area (Å²) >= 11 is 0. The van der Waals surface area contributed by atoms with Crippen LogP contribution in [0.5, 0.6) is 5.75 Å². The maximum absolute atomic E-state index is 6.10. The molecule has 2 aliphatic heterocycles. The molecule has 0 radical (unpaired) electrons. The van der Waals surface area contributed by atoms with E-state index in [1.54, 1.807) is 0 Å². The Kier molecular flexibility index (Phi) is 7.81. The highest BCUT2D eigenvalue weighted by Gasteiger charge is 2.22. The summed E-state index contributed by atoms with van der Waals surface area (Å²) in [6.07, 6.45) is 6.33. The third-order valence-corrected chi connectivity index (χ3v) is 5.67. The second kappa shape index (κ2) is 10.5. The number of hydrogen-bond donors (Lipinski definition) is 1. The van der Waals surface area contributed by atoms with Gasteiger partial charge in [0.2, 0.25) is 0 Å². The maximum Gasteiger partial charge on any atom is 0.193 e. The van der Waals surface area contributed by atoms with E-state index in [2.05, 4.69) is 27.0 Å². The molecule has 150 valence electrons. The Morgan fingerprint density at radius 2 is 1.93 bits per heavy atom. The third kappa shape index (κ3) is 6.42. The van der Waals surface area contributed by atoms with Crippen LogP contribution in [0.2, 0.25) is 0 Å². The summed E-state index contributed by atoms with van der Waals surface area (Å²) in [7, 11) is 1.89. The van der Waals surface area contributed by atoms with Crippen molar-refractivity contribution in [2.75, 3.05) is 46.3 Å². The Balaban J connectivity index is 1.34. The lowest BCUT2D eigenvalue weighted by molar-refractivity contribution is 0.129. The standard InChI is InChI=1S/C22H36N4O/c1-19-8-6-14-25(18-19)15-7-13-24-22(23-2)26-16-11-21(12-17-26)27-20-9-4-3-5-10-20/h3-5,9-10,19,21H,6-8,11-18H2,1-2H3,(H,23,24). The Morgan fingerprint density at radius 1 is 1.15 bits per heavy atom. The van der Waals surface area contributed by atoms with Crippen LogP contribution in [0.15, 0.2) is 35.3 Å². The van der Waals surface area contributed by atoms with E-state index >= 15 is 0 Å². The van der Waals surface area contributed by atoms with Gasteiger partial charge < -0.3 is 19.9 Å². The highest BCUT2D eigenvalue weighted by atomic mass is 16.5. The minimum absolute atomic E-state index is 0.308. The fourth-order valence-corrected chi connectivity index (χ4v) is 4.20. The molecular formula is C22H36N4O. The molecule has 0 bridgehead atoms. The molecule has 0 aromatic heterocycles. The third-order valence-electron chi connectivity index (χ3n) is 5.67. The van der Waals surface area contributed by atoms with Crippen LogP contribution in [0.4, 0.5) is 0 Å². The van der Waals surface area contributed by atoms with Crippen LogP contribution in [0.1, 0.15) is 39.0 Å². The van der Waals surface area contributed by atoms with Crippen molar-refractivity contribution in [2.45, 2.75) is 45.1 Å². The van der Waals surface area contributed by atoms with Gasteiger partial charge in [-0.15, -0.1) is 0 Å². The summed E-state index contributed by atoms with van der Waals surface area (Å²) in [6, 6.07) is 10.2. The first-order valence-electron chi connectivity index (χ1n) is 10.6. The van der Waals surface area contributed by atoms with Crippen LogP contribution in [0.25, 0.3) is 0 Å². The fraction of sp³-hybridized carbons (Fsp3) is 0.682. The van der Waals surface area contributed by atoms with Crippen molar-refractivity contribution in [1.29, 1.82) is 0 Å². The lowest BCUT2D eigenvalue weighted by Gasteiger charge is -2.34. The van der Waals surface area contributed by atoms with Gasteiger partial charge in [-0.05, 0) is 50.4 Å².